The predicted molar refractivity (Wildman–Crippen MR) is 74.2 cm³/mol. The highest BCUT2D eigenvalue weighted by molar-refractivity contribution is 5.96. The number of hydrogen-bond acceptors (Lipinski definition) is 2. The second-order valence-corrected chi connectivity index (χ2v) is 4.76. The third kappa shape index (κ3) is 4.37. The molecule has 0 saturated carbocycles. The number of benzene rings is 1. The summed E-state index contributed by atoms with van der Waals surface area (Å²) in [7, 11) is 0. The Kier molecular flexibility index (Phi) is 4.82. The van der Waals surface area contributed by atoms with Crippen LogP contribution in [0.25, 0.3) is 0 Å². The van der Waals surface area contributed by atoms with Gasteiger partial charge in [-0.1, -0.05) is 13.0 Å². The maximum atomic E-state index is 12.6. The summed E-state index contributed by atoms with van der Waals surface area (Å²) in [6.45, 7) is 3.28. The number of amidine groups is 1. The molecule has 2 amide bonds. The number of carbonyl (C=O) groups is 1. The number of carbonyl (C=O) groups excluding carboxylic acids is 1. The third-order valence-corrected chi connectivity index (χ3v) is 3.14. The molecule has 0 heterocycles. The van der Waals surface area contributed by atoms with Crippen LogP contribution >= 0.6 is 0 Å². The van der Waals surface area contributed by atoms with Gasteiger partial charge in [0.2, 0.25) is 0 Å². The lowest BCUT2D eigenvalue weighted by molar-refractivity contribution is -0.137. The number of urea groups is 1. The molecule has 0 spiro atoms. The smallest absolute Gasteiger partial charge is 0.386 e. The zero-order valence-electron chi connectivity index (χ0n) is 11.6. The van der Waals surface area contributed by atoms with E-state index in [1.54, 1.807) is 13.8 Å². The van der Waals surface area contributed by atoms with Crippen LogP contribution in [-0.4, -0.2) is 17.4 Å². The normalized spacial score (nSPS) is 14.1. The summed E-state index contributed by atoms with van der Waals surface area (Å²) >= 11 is 0. The van der Waals surface area contributed by atoms with Crippen molar-refractivity contribution < 1.29 is 18.0 Å². The first-order chi connectivity index (χ1) is 9.58. The zero-order chi connectivity index (χ0) is 16.3. The zero-order valence-corrected chi connectivity index (χ0v) is 11.6. The van der Waals surface area contributed by atoms with Crippen LogP contribution in [0, 0.1) is 5.41 Å². The Morgan fingerprint density at radius 2 is 2.00 bits per heavy atom. The fourth-order valence-corrected chi connectivity index (χ4v) is 1.53. The molecule has 5 N–H and O–H groups in total. The predicted octanol–water partition coefficient (Wildman–Crippen LogP) is 2.93. The van der Waals surface area contributed by atoms with E-state index in [2.05, 4.69) is 10.6 Å². The Balaban J connectivity index is 2.83. The number of anilines is 1. The molecule has 0 fully saturated rings. The van der Waals surface area contributed by atoms with Gasteiger partial charge in [0.05, 0.1) is 11.1 Å². The molecule has 116 valence electrons. The van der Waals surface area contributed by atoms with Gasteiger partial charge in [-0.3, -0.25) is 5.41 Å². The van der Waals surface area contributed by atoms with E-state index in [9.17, 15) is 18.0 Å². The molecule has 0 aliphatic rings. The van der Waals surface area contributed by atoms with Gasteiger partial charge in [0.15, 0.2) is 0 Å². The highest BCUT2D eigenvalue weighted by Crippen LogP contribution is 2.30. The van der Waals surface area contributed by atoms with E-state index in [-0.39, 0.29) is 11.5 Å². The Hall–Kier alpha value is -2.25. The molecule has 0 radical (unpaired) electrons. The van der Waals surface area contributed by atoms with Crippen molar-refractivity contribution in [3.05, 3.63) is 29.8 Å². The second-order valence-electron chi connectivity index (χ2n) is 4.76. The molecule has 1 aromatic rings. The molecular formula is C13H17F3N4O. The van der Waals surface area contributed by atoms with E-state index in [4.69, 9.17) is 11.1 Å². The van der Waals surface area contributed by atoms with Crippen LogP contribution in [0.5, 0.6) is 0 Å². The molecule has 0 aromatic heterocycles. The van der Waals surface area contributed by atoms with E-state index in [1.165, 1.54) is 12.1 Å². The molecule has 21 heavy (non-hydrogen) atoms. The van der Waals surface area contributed by atoms with Crippen LogP contribution in [0.4, 0.5) is 23.7 Å². The number of nitrogens with one attached hydrogen (secondary N) is 3. The van der Waals surface area contributed by atoms with Crippen LogP contribution in [0.2, 0.25) is 0 Å². The molecule has 1 rings (SSSR count). The fraction of sp³-hybridized carbons (Fsp3) is 0.385. The van der Waals surface area contributed by atoms with Gasteiger partial charge >= 0.3 is 12.2 Å². The lowest BCUT2D eigenvalue weighted by Gasteiger charge is -2.28. The number of halogens is 3. The van der Waals surface area contributed by atoms with Crippen LogP contribution in [0.1, 0.15) is 25.8 Å². The minimum atomic E-state index is -4.48. The first-order valence-corrected chi connectivity index (χ1v) is 6.19. The average molecular weight is 302 g/mol. The first kappa shape index (κ1) is 16.8. The molecular weight excluding hydrogens is 285 g/mol. The third-order valence-electron chi connectivity index (χ3n) is 3.14. The van der Waals surface area contributed by atoms with Crippen molar-refractivity contribution >= 4 is 17.6 Å². The van der Waals surface area contributed by atoms with E-state index < -0.39 is 23.3 Å². The SMILES string of the molecule is CCC(C)(NC(=O)Nc1cccc(C(F)(F)F)c1)C(=N)N. The average Bonchev–Trinajstić information content (AvgIpc) is 2.37. The van der Waals surface area contributed by atoms with Gasteiger partial charge in [0.1, 0.15) is 5.84 Å². The van der Waals surface area contributed by atoms with Crippen molar-refractivity contribution in [1.82, 2.24) is 5.32 Å². The van der Waals surface area contributed by atoms with Crippen LogP contribution in [0.3, 0.4) is 0 Å². The van der Waals surface area contributed by atoms with Gasteiger partial charge in [-0.05, 0) is 31.5 Å². The van der Waals surface area contributed by atoms with Gasteiger partial charge in [0.25, 0.3) is 0 Å². The molecule has 0 bridgehead atoms. The van der Waals surface area contributed by atoms with Crippen LogP contribution in [0.15, 0.2) is 24.3 Å². The van der Waals surface area contributed by atoms with Gasteiger partial charge in [-0.25, -0.2) is 4.79 Å². The minimum Gasteiger partial charge on any atom is -0.386 e. The largest absolute Gasteiger partial charge is 0.416 e. The number of amides is 2. The maximum Gasteiger partial charge on any atom is 0.416 e. The molecule has 0 aliphatic heterocycles. The van der Waals surface area contributed by atoms with Crippen molar-refractivity contribution in [3.63, 3.8) is 0 Å². The Morgan fingerprint density at radius 1 is 1.38 bits per heavy atom. The topological polar surface area (TPSA) is 91.0 Å². The highest BCUT2D eigenvalue weighted by atomic mass is 19.4. The molecule has 1 atom stereocenters. The Bertz CT molecular complexity index is 544. The van der Waals surface area contributed by atoms with Crippen molar-refractivity contribution in [1.29, 1.82) is 5.41 Å². The summed E-state index contributed by atoms with van der Waals surface area (Å²) in [5, 5.41) is 12.2. The first-order valence-electron chi connectivity index (χ1n) is 6.19. The van der Waals surface area contributed by atoms with Crippen LogP contribution < -0.4 is 16.4 Å². The summed E-state index contributed by atoms with van der Waals surface area (Å²) in [5.41, 5.74) is 3.49. The van der Waals surface area contributed by atoms with Gasteiger partial charge in [-0.15, -0.1) is 0 Å². The number of nitrogens with two attached hydrogens (primary N) is 1. The molecule has 8 heteroatoms. The molecule has 0 aliphatic carbocycles. The monoisotopic (exact) mass is 302 g/mol. The van der Waals surface area contributed by atoms with E-state index in [0.29, 0.717) is 6.42 Å². The number of rotatable bonds is 4. The number of hydrogen-bond donors (Lipinski definition) is 4. The van der Waals surface area contributed by atoms with Gasteiger partial charge in [-0.2, -0.15) is 13.2 Å². The number of alkyl halides is 3. The summed E-state index contributed by atoms with van der Waals surface area (Å²) in [4.78, 5) is 11.8. The van der Waals surface area contributed by atoms with Crippen molar-refractivity contribution in [2.75, 3.05) is 5.32 Å². The standard InChI is InChI=1S/C13H17F3N4O/c1-3-12(2,10(17)18)20-11(21)19-9-6-4-5-8(7-9)13(14,15)16/h4-7H,3H2,1-2H3,(H3,17,18)(H2,19,20,21). The van der Waals surface area contributed by atoms with Gasteiger partial charge < -0.3 is 16.4 Å². The van der Waals surface area contributed by atoms with Crippen molar-refractivity contribution in [2.24, 2.45) is 5.73 Å². The Labute approximate surface area is 120 Å². The van der Waals surface area contributed by atoms with Crippen molar-refractivity contribution in [3.8, 4) is 0 Å². The Morgan fingerprint density at radius 3 is 2.48 bits per heavy atom. The highest BCUT2D eigenvalue weighted by Gasteiger charge is 2.31. The van der Waals surface area contributed by atoms with Gasteiger partial charge in [0, 0.05) is 5.69 Å². The fourth-order valence-electron chi connectivity index (χ4n) is 1.53. The minimum absolute atomic E-state index is 0.00401. The van der Waals surface area contributed by atoms with E-state index >= 15 is 0 Å². The molecule has 1 aromatic carbocycles. The summed E-state index contributed by atoms with van der Waals surface area (Å²) in [6.07, 6.45) is -4.11. The van der Waals surface area contributed by atoms with E-state index in [0.717, 1.165) is 12.1 Å². The lowest BCUT2D eigenvalue weighted by atomic mass is 9.98. The molecule has 1 unspecified atom stereocenters. The van der Waals surface area contributed by atoms with Crippen molar-refractivity contribution in [2.45, 2.75) is 32.0 Å². The summed E-state index contributed by atoms with van der Waals surface area (Å²) in [6, 6.07) is 3.55. The maximum absolute atomic E-state index is 12.6. The summed E-state index contributed by atoms with van der Waals surface area (Å²) < 4.78 is 37.7. The summed E-state index contributed by atoms with van der Waals surface area (Å²) in [5.74, 6) is -0.232. The molecule has 5 nitrogen and oxygen atoms in total. The van der Waals surface area contributed by atoms with Crippen LogP contribution in [-0.2, 0) is 6.18 Å². The lowest BCUT2D eigenvalue weighted by Crippen LogP contribution is -2.55. The quantitative estimate of drug-likeness (QED) is 0.509. The second kappa shape index (κ2) is 6.02. The van der Waals surface area contributed by atoms with E-state index in [1.807, 2.05) is 0 Å². The molecule has 0 saturated heterocycles.